The molecule has 2 aromatic carbocycles. The third-order valence-corrected chi connectivity index (χ3v) is 3.21. The average Bonchev–Trinajstić information content (AvgIpc) is 2.46. The molecule has 0 unspecified atom stereocenters. The zero-order valence-electron chi connectivity index (χ0n) is 10.9. The molecule has 104 valence electrons. The summed E-state index contributed by atoms with van der Waals surface area (Å²) in [6.07, 6.45) is 1.09. The van der Waals surface area contributed by atoms with Crippen LogP contribution in [0.5, 0.6) is 0 Å². The van der Waals surface area contributed by atoms with Crippen molar-refractivity contribution in [3.05, 3.63) is 70.5 Å². The number of rotatable bonds is 5. The first kappa shape index (κ1) is 14.5. The summed E-state index contributed by atoms with van der Waals surface area (Å²) in [6, 6.07) is 13.5. The van der Waals surface area contributed by atoms with Crippen LogP contribution in [0.3, 0.4) is 0 Å². The molecule has 0 fully saturated rings. The third kappa shape index (κ3) is 4.67. The molecule has 1 amide bonds. The summed E-state index contributed by atoms with van der Waals surface area (Å²) < 4.78 is 12.7. The Morgan fingerprint density at radius 3 is 2.25 bits per heavy atom. The van der Waals surface area contributed by atoms with Gasteiger partial charge in [0, 0.05) is 18.0 Å². The lowest BCUT2D eigenvalue weighted by Crippen LogP contribution is -2.22. The molecule has 0 radical (unpaired) electrons. The first-order chi connectivity index (χ1) is 9.63. The summed E-state index contributed by atoms with van der Waals surface area (Å²) in [5.74, 6) is -0.299. The van der Waals surface area contributed by atoms with Crippen LogP contribution >= 0.6 is 11.6 Å². The maximum absolute atomic E-state index is 12.7. The SMILES string of the molecule is O=C(CCc1ccc(Cl)cc1)NCc1ccc(F)cc1. The van der Waals surface area contributed by atoms with Crippen molar-refractivity contribution in [3.8, 4) is 0 Å². The Kier molecular flexibility index (Phi) is 5.13. The zero-order valence-corrected chi connectivity index (χ0v) is 11.7. The van der Waals surface area contributed by atoms with Crippen molar-refractivity contribution < 1.29 is 9.18 Å². The van der Waals surface area contributed by atoms with Crippen LogP contribution in [0.2, 0.25) is 5.02 Å². The van der Waals surface area contributed by atoms with E-state index >= 15 is 0 Å². The lowest BCUT2D eigenvalue weighted by Gasteiger charge is -2.05. The van der Waals surface area contributed by atoms with Gasteiger partial charge in [0.05, 0.1) is 0 Å². The van der Waals surface area contributed by atoms with Crippen LogP contribution in [0.15, 0.2) is 48.5 Å². The van der Waals surface area contributed by atoms with Gasteiger partial charge in [0.1, 0.15) is 5.82 Å². The molecule has 0 saturated heterocycles. The van der Waals surface area contributed by atoms with Crippen LogP contribution in [-0.4, -0.2) is 5.91 Å². The minimum absolute atomic E-state index is 0.0238. The van der Waals surface area contributed by atoms with Crippen molar-refractivity contribution in [1.82, 2.24) is 5.32 Å². The molecule has 0 aliphatic rings. The number of hydrogen-bond donors (Lipinski definition) is 1. The fraction of sp³-hybridized carbons (Fsp3) is 0.188. The molecule has 0 aliphatic heterocycles. The summed E-state index contributed by atoms with van der Waals surface area (Å²) in [5.41, 5.74) is 1.96. The molecule has 0 heterocycles. The largest absolute Gasteiger partial charge is 0.352 e. The topological polar surface area (TPSA) is 29.1 Å². The Morgan fingerprint density at radius 2 is 1.60 bits per heavy atom. The molecular formula is C16H15ClFNO. The molecule has 0 saturated carbocycles. The van der Waals surface area contributed by atoms with Crippen LogP contribution in [0.25, 0.3) is 0 Å². The Morgan fingerprint density at radius 1 is 1.00 bits per heavy atom. The lowest BCUT2D eigenvalue weighted by molar-refractivity contribution is -0.121. The highest BCUT2D eigenvalue weighted by atomic mass is 35.5. The monoisotopic (exact) mass is 291 g/mol. The first-order valence-electron chi connectivity index (χ1n) is 6.39. The lowest BCUT2D eigenvalue weighted by atomic mass is 10.1. The normalized spacial score (nSPS) is 10.3. The van der Waals surface area contributed by atoms with E-state index in [4.69, 9.17) is 11.6 Å². The maximum Gasteiger partial charge on any atom is 0.220 e. The number of carbonyl (C=O) groups excluding carboxylic acids is 1. The van der Waals surface area contributed by atoms with Crippen molar-refractivity contribution in [2.24, 2.45) is 0 Å². The molecule has 2 rings (SSSR count). The summed E-state index contributed by atoms with van der Waals surface area (Å²) in [7, 11) is 0. The van der Waals surface area contributed by atoms with E-state index in [1.807, 2.05) is 24.3 Å². The number of aryl methyl sites for hydroxylation is 1. The summed E-state index contributed by atoms with van der Waals surface area (Å²) in [4.78, 5) is 11.7. The number of hydrogen-bond acceptors (Lipinski definition) is 1. The minimum atomic E-state index is -0.275. The minimum Gasteiger partial charge on any atom is -0.352 e. The van der Waals surface area contributed by atoms with Gasteiger partial charge < -0.3 is 5.32 Å². The second-order valence-electron chi connectivity index (χ2n) is 4.53. The van der Waals surface area contributed by atoms with Crippen molar-refractivity contribution in [3.63, 3.8) is 0 Å². The molecule has 0 aromatic heterocycles. The number of carbonyl (C=O) groups is 1. The van der Waals surface area contributed by atoms with Crippen molar-refractivity contribution in [2.75, 3.05) is 0 Å². The smallest absolute Gasteiger partial charge is 0.220 e. The van der Waals surface area contributed by atoms with E-state index in [2.05, 4.69) is 5.32 Å². The molecule has 2 aromatic rings. The van der Waals surface area contributed by atoms with Gasteiger partial charge in [-0.25, -0.2) is 4.39 Å². The van der Waals surface area contributed by atoms with Gasteiger partial charge >= 0.3 is 0 Å². The van der Waals surface area contributed by atoms with E-state index in [-0.39, 0.29) is 11.7 Å². The molecule has 0 atom stereocenters. The fourth-order valence-electron chi connectivity index (χ4n) is 1.80. The molecule has 4 heteroatoms. The van der Waals surface area contributed by atoms with Crippen LogP contribution < -0.4 is 5.32 Å². The summed E-state index contributed by atoms with van der Waals surface area (Å²) >= 11 is 5.80. The van der Waals surface area contributed by atoms with Crippen LogP contribution in [0.4, 0.5) is 4.39 Å². The Balaban J connectivity index is 1.75. The van der Waals surface area contributed by atoms with E-state index in [1.54, 1.807) is 12.1 Å². The number of amides is 1. The van der Waals surface area contributed by atoms with E-state index in [0.29, 0.717) is 24.4 Å². The Labute approximate surface area is 122 Å². The highest BCUT2D eigenvalue weighted by Crippen LogP contribution is 2.11. The van der Waals surface area contributed by atoms with Gasteiger partial charge in [-0.2, -0.15) is 0 Å². The van der Waals surface area contributed by atoms with E-state index < -0.39 is 0 Å². The Bertz CT molecular complexity index is 515. The molecule has 0 spiro atoms. The van der Waals surface area contributed by atoms with Crippen molar-refractivity contribution >= 4 is 17.5 Å². The molecule has 0 aliphatic carbocycles. The fourth-order valence-corrected chi connectivity index (χ4v) is 1.93. The van der Waals surface area contributed by atoms with Crippen LogP contribution in [-0.2, 0) is 17.8 Å². The highest BCUT2D eigenvalue weighted by Gasteiger charge is 2.02. The van der Waals surface area contributed by atoms with Crippen LogP contribution in [0.1, 0.15) is 17.5 Å². The molecule has 0 bridgehead atoms. The molecule has 1 N–H and O–H groups in total. The maximum atomic E-state index is 12.7. The second kappa shape index (κ2) is 7.06. The van der Waals surface area contributed by atoms with Gasteiger partial charge in [-0.3, -0.25) is 4.79 Å². The molecular weight excluding hydrogens is 277 g/mol. The predicted octanol–water partition coefficient (Wildman–Crippen LogP) is 3.73. The quantitative estimate of drug-likeness (QED) is 0.893. The summed E-state index contributed by atoms with van der Waals surface area (Å²) in [5, 5.41) is 3.50. The highest BCUT2D eigenvalue weighted by molar-refractivity contribution is 6.30. The van der Waals surface area contributed by atoms with Gasteiger partial charge in [-0.05, 0) is 41.8 Å². The van der Waals surface area contributed by atoms with E-state index in [9.17, 15) is 9.18 Å². The average molecular weight is 292 g/mol. The van der Waals surface area contributed by atoms with Gasteiger partial charge in [0.2, 0.25) is 5.91 Å². The Hall–Kier alpha value is -1.87. The number of nitrogens with one attached hydrogen (secondary N) is 1. The van der Waals surface area contributed by atoms with Gasteiger partial charge in [0.25, 0.3) is 0 Å². The zero-order chi connectivity index (χ0) is 14.4. The standard InChI is InChI=1S/C16H15ClFNO/c17-14-6-1-12(2-7-14)5-10-16(20)19-11-13-3-8-15(18)9-4-13/h1-4,6-9H,5,10-11H2,(H,19,20). The van der Waals surface area contributed by atoms with Crippen LogP contribution in [0, 0.1) is 5.82 Å². The first-order valence-corrected chi connectivity index (χ1v) is 6.77. The van der Waals surface area contributed by atoms with Crippen molar-refractivity contribution in [1.29, 1.82) is 0 Å². The van der Waals surface area contributed by atoms with Crippen molar-refractivity contribution in [2.45, 2.75) is 19.4 Å². The molecule has 2 nitrogen and oxygen atoms in total. The third-order valence-electron chi connectivity index (χ3n) is 2.96. The molecule has 20 heavy (non-hydrogen) atoms. The van der Waals surface area contributed by atoms with Gasteiger partial charge in [-0.15, -0.1) is 0 Å². The summed E-state index contributed by atoms with van der Waals surface area (Å²) in [6.45, 7) is 0.416. The van der Waals surface area contributed by atoms with Gasteiger partial charge in [-0.1, -0.05) is 35.9 Å². The second-order valence-corrected chi connectivity index (χ2v) is 4.97. The van der Waals surface area contributed by atoms with E-state index in [1.165, 1.54) is 12.1 Å². The number of benzene rings is 2. The van der Waals surface area contributed by atoms with Gasteiger partial charge in [0.15, 0.2) is 0 Å². The number of halogens is 2. The van der Waals surface area contributed by atoms with E-state index in [0.717, 1.165) is 11.1 Å². The predicted molar refractivity (Wildman–Crippen MR) is 78.0 cm³/mol.